The van der Waals surface area contributed by atoms with E-state index in [1.165, 1.54) is 16.0 Å². The lowest BCUT2D eigenvalue weighted by atomic mass is 10.1. The second-order valence-electron chi connectivity index (χ2n) is 6.64. The highest BCUT2D eigenvalue weighted by Crippen LogP contribution is 2.17. The number of thioether (sulfide) groups is 1. The minimum absolute atomic E-state index is 0.811. The highest BCUT2D eigenvalue weighted by atomic mass is 35.5. The first-order valence-corrected chi connectivity index (χ1v) is 10.8. The van der Waals surface area contributed by atoms with Gasteiger partial charge >= 0.3 is 11.9 Å². The summed E-state index contributed by atoms with van der Waals surface area (Å²) in [4.78, 5) is 24.6. The fraction of sp³-hybridized carbons (Fsp3) is 0.333. The van der Waals surface area contributed by atoms with Gasteiger partial charge in [-0.05, 0) is 41.6 Å². The molecule has 1 saturated heterocycles. The van der Waals surface area contributed by atoms with Crippen molar-refractivity contribution in [1.82, 2.24) is 9.80 Å². The minimum Gasteiger partial charge on any atom is -0.473 e. The van der Waals surface area contributed by atoms with E-state index in [1.807, 2.05) is 12.1 Å². The van der Waals surface area contributed by atoms with Crippen LogP contribution in [0.25, 0.3) is 0 Å². The lowest BCUT2D eigenvalue weighted by molar-refractivity contribution is -0.159. The van der Waals surface area contributed by atoms with Crippen molar-refractivity contribution in [2.24, 2.45) is 0 Å². The van der Waals surface area contributed by atoms with Crippen LogP contribution in [-0.4, -0.2) is 64.4 Å². The largest absolute Gasteiger partial charge is 0.473 e. The molecule has 3 rings (SSSR count). The zero-order valence-corrected chi connectivity index (χ0v) is 17.8. The number of hydrogen-bond acceptors (Lipinski definition) is 5. The molecule has 6 nitrogen and oxygen atoms in total. The lowest BCUT2D eigenvalue weighted by Crippen LogP contribution is -2.45. The van der Waals surface area contributed by atoms with Crippen molar-refractivity contribution in [3.05, 3.63) is 64.7 Å². The standard InChI is InChI=1S/C19H23ClN2S.C2H2O4/c1-23-19-8-4-17(5-9-19)15-22-12-10-21(11-13-22)14-16-2-6-18(20)7-3-16;3-1(4)2(5)6/h2-9H,10-15H2,1H3;(H,3,4)(H,5,6). The highest BCUT2D eigenvalue weighted by Gasteiger charge is 2.17. The molecule has 2 N–H and O–H groups in total. The molecule has 156 valence electrons. The molecule has 29 heavy (non-hydrogen) atoms. The number of rotatable bonds is 5. The summed E-state index contributed by atoms with van der Waals surface area (Å²) in [6.07, 6.45) is 2.12. The Balaban J connectivity index is 0.000000438. The van der Waals surface area contributed by atoms with E-state index in [9.17, 15) is 0 Å². The van der Waals surface area contributed by atoms with Gasteiger partial charge in [0.2, 0.25) is 0 Å². The van der Waals surface area contributed by atoms with Crippen molar-refractivity contribution in [3.63, 3.8) is 0 Å². The molecule has 8 heteroatoms. The minimum atomic E-state index is -1.82. The Kier molecular flexibility index (Phi) is 9.47. The van der Waals surface area contributed by atoms with Crippen LogP contribution >= 0.6 is 23.4 Å². The van der Waals surface area contributed by atoms with Gasteiger partial charge in [-0.15, -0.1) is 11.8 Å². The zero-order valence-electron chi connectivity index (χ0n) is 16.3. The maximum Gasteiger partial charge on any atom is 0.414 e. The average molecular weight is 437 g/mol. The molecular weight excluding hydrogens is 412 g/mol. The van der Waals surface area contributed by atoms with Crippen molar-refractivity contribution in [2.45, 2.75) is 18.0 Å². The molecule has 0 unspecified atom stereocenters. The number of carboxylic acid groups (broad SMARTS) is 2. The van der Waals surface area contributed by atoms with Gasteiger partial charge in [-0.3, -0.25) is 9.80 Å². The number of nitrogens with zero attached hydrogens (tertiary/aromatic N) is 2. The Morgan fingerprint density at radius 2 is 1.21 bits per heavy atom. The van der Waals surface area contributed by atoms with Gasteiger partial charge in [0.15, 0.2) is 0 Å². The first-order chi connectivity index (χ1) is 13.9. The molecular formula is C21H25ClN2O4S. The number of halogens is 1. The molecule has 0 amide bonds. The van der Waals surface area contributed by atoms with E-state index in [0.717, 1.165) is 44.3 Å². The monoisotopic (exact) mass is 436 g/mol. The summed E-state index contributed by atoms with van der Waals surface area (Å²) in [6.45, 7) is 6.61. The molecule has 0 aliphatic carbocycles. The van der Waals surface area contributed by atoms with Crippen LogP contribution in [0.4, 0.5) is 0 Å². The van der Waals surface area contributed by atoms with Crippen molar-refractivity contribution in [3.8, 4) is 0 Å². The molecule has 1 aliphatic heterocycles. The molecule has 1 fully saturated rings. The molecule has 0 radical (unpaired) electrons. The van der Waals surface area contributed by atoms with Gasteiger partial charge in [0.1, 0.15) is 0 Å². The summed E-state index contributed by atoms with van der Waals surface area (Å²) >= 11 is 7.75. The number of aliphatic carboxylic acids is 2. The van der Waals surface area contributed by atoms with E-state index in [0.29, 0.717) is 0 Å². The van der Waals surface area contributed by atoms with E-state index in [2.05, 4.69) is 52.5 Å². The summed E-state index contributed by atoms with van der Waals surface area (Å²) in [6, 6.07) is 17.2. The molecule has 0 bridgehead atoms. The van der Waals surface area contributed by atoms with Crippen LogP contribution in [0.5, 0.6) is 0 Å². The molecule has 0 aromatic heterocycles. The Labute approximate surface area is 180 Å². The fourth-order valence-electron chi connectivity index (χ4n) is 2.94. The van der Waals surface area contributed by atoms with Gasteiger partial charge in [0, 0.05) is 49.2 Å². The van der Waals surface area contributed by atoms with Gasteiger partial charge in [0.05, 0.1) is 0 Å². The van der Waals surface area contributed by atoms with Crippen LogP contribution in [0.2, 0.25) is 5.02 Å². The van der Waals surface area contributed by atoms with Gasteiger partial charge in [0.25, 0.3) is 0 Å². The van der Waals surface area contributed by atoms with Crippen molar-refractivity contribution < 1.29 is 19.8 Å². The molecule has 0 saturated carbocycles. The smallest absolute Gasteiger partial charge is 0.414 e. The first kappa shape index (κ1) is 23.2. The molecule has 0 atom stereocenters. The topological polar surface area (TPSA) is 81.1 Å². The van der Waals surface area contributed by atoms with Crippen LogP contribution in [0.15, 0.2) is 53.4 Å². The van der Waals surface area contributed by atoms with Crippen molar-refractivity contribution in [1.29, 1.82) is 0 Å². The van der Waals surface area contributed by atoms with Crippen molar-refractivity contribution >= 4 is 35.3 Å². The Morgan fingerprint density at radius 3 is 1.55 bits per heavy atom. The predicted molar refractivity (Wildman–Crippen MR) is 116 cm³/mol. The Hall–Kier alpha value is -2.06. The predicted octanol–water partition coefficient (Wildman–Crippen LogP) is 3.54. The quantitative estimate of drug-likeness (QED) is 0.548. The van der Waals surface area contributed by atoms with Crippen LogP contribution < -0.4 is 0 Å². The fourth-order valence-corrected chi connectivity index (χ4v) is 3.48. The summed E-state index contributed by atoms with van der Waals surface area (Å²) < 4.78 is 0. The number of carboxylic acids is 2. The normalized spacial score (nSPS) is 14.7. The van der Waals surface area contributed by atoms with Crippen LogP contribution in [-0.2, 0) is 22.7 Å². The number of piperazine rings is 1. The SMILES string of the molecule is CSc1ccc(CN2CCN(Cc3ccc(Cl)cc3)CC2)cc1.O=C(O)C(=O)O. The molecule has 2 aromatic carbocycles. The average Bonchev–Trinajstić information content (AvgIpc) is 2.72. The van der Waals surface area contributed by atoms with E-state index >= 15 is 0 Å². The maximum atomic E-state index is 9.10. The van der Waals surface area contributed by atoms with E-state index in [4.69, 9.17) is 31.4 Å². The third-order valence-corrected chi connectivity index (χ3v) is 5.53. The first-order valence-electron chi connectivity index (χ1n) is 9.15. The Bertz CT molecular complexity index is 779. The second-order valence-corrected chi connectivity index (χ2v) is 7.95. The molecule has 1 aliphatic rings. The molecule has 1 heterocycles. The highest BCUT2D eigenvalue weighted by molar-refractivity contribution is 7.98. The third kappa shape index (κ3) is 8.45. The van der Waals surface area contributed by atoms with Crippen molar-refractivity contribution in [2.75, 3.05) is 32.4 Å². The second kappa shape index (κ2) is 11.8. The summed E-state index contributed by atoms with van der Waals surface area (Å²) in [5.41, 5.74) is 2.75. The summed E-state index contributed by atoms with van der Waals surface area (Å²) in [5, 5.41) is 15.6. The summed E-state index contributed by atoms with van der Waals surface area (Å²) in [5.74, 6) is -3.65. The van der Waals surface area contributed by atoms with E-state index in [1.54, 1.807) is 11.8 Å². The lowest BCUT2D eigenvalue weighted by Gasteiger charge is -2.34. The number of hydrogen-bond donors (Lipinski definition) is 2. The van der Waals surface area contributed by atoms with E-state index < -0.39 is 11.9 Å². The number of carbonyl (C=O) groups is 2. The van der Waals surface area contributed by atoms with Crippen LogP contribution in [0, 0.1) is 0 Å². The van der Waals surface area contributed by atoms with Gasteiger partial charge < -0.3 is 10.2 Å². The van der Waals surface area contributed by atoms with Gasteiger partial charge in [-0.1, -0.05) is 35.9 Å². The van der Waals surface area contributed by atoms with Gasteiger partial charge in [-0.25, -0.2) is 9.59 Å². The zero-order chi connectivity index (χ0) is 21.2. The third-order valence-electron chi connectivity index (χ3n) is 4.53. The van der Waals surface area contributed by atoms with Crippen LogP contribution in [0.1, 0.15) is 11.1 Å². The molecule has 0 spiro atoms. The maximum absolute atomic E-state index is 9.10. The van der Waals surface area contributed by atoms with Crippen LogP contribution in [0.3, 0.4) is 0 Å². The van der Waals surface area contributed by atoms with E-state index in [-0.39, 0.29) is 0 Å². The summed E-state index contributed by atoms with van der Waals surface area (Å²) in [7, 11) is 0. The number of benzene rings is 2. The Morgan fingerprint density at radius 1 is 0.828 bits per heavy atom. The van der Waals surface area contributed by atoms with Gasteiger partial charge in [-0.2, -0.15) is 0 Å². The molecule has 2 aromatic rings.